The number of carbonyl (C=O) groups is 1. The number of nitrogens with zero attached hydrogens (tertiary/aromatic N) is 2. The molecule has 1 aromatic rings. The van der Waals surface area contributed by atoms with Crippen molar-refractivity contribution in [2.24, 2.45) is 10.9 Å². The second-order valence-corrected chi connectivity index (χ2v) is 9.08. The van der Waals surface area contributed by atoms with E-state index in [9.17, 15) is 23.1 Å². The molecule has 2 aliphatic rings. The molecule has 1 fully saturated rings. The van der Waals surface area contributed by atoms with Gasteiger partial charge in [0.05, 0.1) is 0 Å². The van der Waals surface area contributed by atoms with Gasteiger partial charge in [-0.15, -0.1) is 0 Å². The van der Waals surface area contributed by atoms with Crippen LogP contribution in [0.5, 0.6) is 0 Å². The molecule has 3 rings (SSSR count). The molecule has 9 heteroatoms. The van der Waals surface area contributed by atoms with Gasteiger partial charge in [-0.1, -0.05) is 11.8 Å². The van der Waals surface area contributed by atoms with Crippen molar-refractivity contribution in [1.82, 2.24) is 4.90 Å². The quantitative estimate of drug-likeness (QED) is 0.678. The molecule has 2 atom stereocenters. The summed E-state index contributed by atoms with van der Waals surface area (Å²) in [5, 5.41) is 9.75. The molecule has 1 amide bonds. The van der Waals surface area contributed by atoms with E-state index in [1.165, 1.54) is 12.1 Å². The minimum Gasteiger partial charge on any atom is -0.465 e. The van der Waals surface area contributed by atoms with Gasteiger partial charge < -0.3 is 10.8 Å². The third kappa shape index (κ3) is 3.49. The van der Waals surface area contributed by atoms with Gasteiger partial charge >= 0.3 is 6.09 Å². The molecule has 0 unspecified atom stereocenters. The fourth-order valence-electron chi connectivity index (χ4n) is 3.87. The highest BCUT2D eigenvalue weighted by molar-refractivity contribution is 8.13. The lowest BCUT2D eigenvalue weighted by Crippen LogP contribution is -2.50. The highest BCUT2D eigenvalue weighted by Crippen LogP contribution is 2.57. The van der Waals surface area contributed by atoms with E-state index in [4.69, 9.17) is 5.73 Å². The van der Waals surface area contributed by atoms with Gasteiger partial charge in [-0.05, 0) is 39.0 Å². The number of rotatable bonds is 1. The Morgan fingerprint density at radius 3 is 2.67 bits per heavy atom. The first kappa shape index (κ1) is 19.9. The molecule has 148 valence electrons. The lowest BCUT2D eigenvalue weighted by molar-refractivity contribution is 0.00147. The maximum Gasteiger partial charge on any atom is 0.413 e. The minimum absolute atomic E-state index is 0.00160. The van der Waals surface area contributed by atoms with Gasteiger partial charge in [0.15, 0.2) is 5.17 Å². The van der Waals surface area contributed by atoms with Gasteiger partial charge in [0.25, 0.3) is 5.92 Å². The number of nitrogen functional groups attached to an aromatic ring is 1. The standard InChI is InChI=1S/C18H22F3N3O2S/c1-16(2,3)24(15(25)26)14-23-18(12-6-11(22)4-5-13(12)19)9-17(20,21)7-10(18)8-27-14/h4-6,10H,7-9,22H2,1-3H3,(H,25,26)/t10-,18-/m0/s1. The van der Waals surface area contributed by atoms with Crippen LogP contribution in [0, 0.1) is 11.7 Å². The van der Waals surface area contributed by atoms with Crippen molar-refractivity contribution in [2.45, 2.75) is 50.6 Å². The van der Waals surface area contributed by atoms with Gasteiger partial charge in [-0.2, -0.15) is 0 Å². The molecule has 27 heavy (non-hydrogen) atoms. The monoisotopic (exact) mass is 401 g/mol. The minimum atomic E-state index is -3.02. The van der Waals surface area contributed by atoms with Crippen LogP contribution in [0.2, 0.25) is 0 Å². The van der Waals surface area contributed by atoms with E-state index in [0.29, 0.717) is 0 Å². The molecule has 0 aromatic heterocycles. The van der Waals surface area contributed by atoms with Crippen molar-refractivity contribution in [3.63, 3.8) is 0 Å². The number of halogens is 3. The Morgan fingerprint density at radius 2 is 2.07 bits per heavy atom. The van der Waals surface area contributed by atoms with Crippen molar-refractivity contribution in [3.8, 4) is 0 Å². The number of hydrogen-bond donors (Lipinski definition) is 2. The van der Waals surface area contributed by atoms with Gasteiger partial charge in [-0.3, -0.25) is 4.90 Å². The summed E-state index contributed by atoms with van der Waals surface area (Å²) in [5.41, 5.74) is 3.66. The van der Waals surface area contributed by atoms with E-state index < -0.39 is 47.7 Å². The number of benzene rings is 1. The largest absolute Gasteiger partial charge is 0.465 e. The zero-order valence-corrected chi connectivity index (χ0v) is 16.1. The molecule has 1 heterocycles. The maximum absolute atomic E-state index is 14.7. The van der Waals surface area contributed by atoms with Crippen LogP contribution in [0.3, 0.4) is 0 Å². The van der Waals surface area contributed by atoms with E-state index in [-0.39, 0.29) is 22.2 Å². The van der Waals surface area contributed by atoms with Gasteiger partial charge in [0.1, 0.15) is 11.4 Å². The number of fused-ring (bicyclic) bond motifs is 1. The third-order valence-corrected chi connectivity index (χ3v) is 6.07. The van der Waals surface area contributed by atoms with Gasteiger partial charge in [0.2, 0.25) is 0 Å². The van der Waals surface area contributed by atoms with Crippen LogP contribution in [0.15, 0.2) is 23.2 Å². The van der Waals surface area contributed by atoms with Gasteiger partial charge in [-0.25, -0.2) is 23.0 Å². The summed E-state index contributed by atoms with van der Waals surface area (Å²) in [6, 6.07) is 3.84. The second kappa shape index (κ2) is 6.32. The number of aliphatic imine (C=N–C) groups is 1. The fraction of sp³-hybridized carbons (Fsp3) is 0.556. The molecule has 0 spiro atoms. The smallest absolute Gasteiger partial charge is 0.413 e. The van der Waals surface area contributed by atoms with Crippen LogP contribution in [0.1, 0.15) is 39.2 Å². The highest BCUT2D eigenvalue weighted by atomic mass is 32.2. The summed E-state index contributed by atoms with van der Waals surface area (Å²) in [6.07, 6.45) is -2.33. The predicted molar refractivity (Wildman–Crippen MR) is 99.7 cm³/mol. The Hall–Kier alpha value is -1.90. The van der Waals surface area contributed by atoms with Crippen LogP contribution in [-0.2, 0) is 5.54 Å². The van der Waals surface area contributed by atoms with Crippen molar-refractivity contribution in [1.29, 1.82) is 0 Å². The van der Waals surface area contributed by atoms with Crippen LogP contribution in [-0.4, -0.2) is 38.5 Å². The normalized spacial score (nSPS) is 27.0. The summed E-state index contributed by atoms with van der Waals surface area (Å²) in [5.74, 6) is -4.08. The molecular formula is C18H22F3N3O2S. The maximum atomic E-state index is 14.7. The second-order valence-electron chi connectivity index (χ2n) is 8.09. The Kier molecular flexibility index (Phi) is 4.65. The Bertz CT molecular complexity index is 810. The van der Waals surface area contributed by atoms with Crippen LogP contribution in [0.25, 0.3) is 0 Å². The average molecular weight is 401 g/mol. The van der Waals surface area contributed by atoms with E-state index in [0.717, 1.165) is 22.7 Å². The number of nitrogens with two attached hydrogens (primary N) is 1. The third-order valence-electron chi connectivity index (χ3n) is 4.97. The van der Waals surface area contributed by atoms with E-state index >= 15 is 0 Å². The number of thioether (sulfide) groups is 1. The van der Waals surface area contributed by atoms with Crippen molar-refractivity contribution in [3.05, 3.63) is 29.6 Å². The fourth-order valence-corrected chi connectivity index (χ4v) is 5.32. The Labute approximate surface area is 159 Å². The first-order valence-electron chi connectivity index (χ1n) is 8.55. The molecule has 0 bridgehead atoms. The molecule has 0 saturated heterocycles. The zero-order valence-electron chi connectivity index (χ0n) is 15.3. The highest BCUT2D eigenvalue weighted by Gasteiger charge is 2.60. The van der Waals surface area contributed by atoms with Crippen molar-refractivity contribution in [2.75, 3.05) is 11.5 Å². The lowest BCUT2D eigenvalue weighted by Gasteiger charge is -2.41. The number of hydrogen-bond acceptors (Lipinski definition) is 4. The summed E-state index contributed by atoms with van der Waals surface area (Å²) in [7, 11) is 0. The number of anilines is 1. The number of amides is 1. The number of amidine groups is 1. The summed E-state index contributed by atoms with van der Waals surface area (Å²) in [6.45, 7) is 5.06. The Morgan fingerprint density at radius 1 is 1.41 bits per heavy atom. The molecule has 0 radical (unpaired) electrons. The first-order chi connectivity index (χ1) is 12.4. The van der Waals surface area contributed by atoms with E-state index in [1.807, 2.05) is 0 Å². The van der Waals surface area contributed by atoms with E-state index in [1.54, 1.807) is 20.8 Å². The van der Waals surface area contributed by atoms with Crippen LogP contribution < -0.4 is 5.73 Å². The van der Waals surface area contributed by atoms with Crippen LogP contribution in [0.4, 0.5) is 23.7 Å². The molecular weight excluding hydrogens is 379 g/mol. The predicted octanol–water partition coefficient (Wildman–Crippen LogP) is 4.53. The van der Waals surface area contributed by atoms with Crippen molar-refractivity contribution >= 4 is 28.7 Å². The topological polar surface area (TPSA) is 78.9 Å². The average Bonchev–Trinajstić information content (AvgIpc) is 2.78. The SMILES string of the molecule is CC(C)(C)N(C(=O)O)C1=N[C@@]2(c3cc(N)ccc3F)CC(F)(F)C[C@H]2CS1. The summed E-state index contributed by atoms with van der Waals surface area (Å²) >= 11 is 1.12. The molecule has 5 nitrogen and oxygen atoms in total. The molecule has 1 aromatic carbocycles. The molecule has 1 saturated carbocycles. The van der Waals surface area contributed by atoms with Gasteiger partial charge in [0, 0.05) is 41.3 Å². The molecule has 1 aliphatic carbocycles. The summed E-state index contributed by atoms with van der Waals surface area (Å²) in [4.78, 5) is 17.3. The Balaban J connectivity index is 2.21. The molecule has 1 aliphatic heterocycles. The number of alkyl halides is 2. The summed E-state index contributed by atoms with van der Waals surface area (Å²) < 4.78 is 43.4. The number of carboxylic acid groups (broad SMARTS) is 1. The van der Waals surface area contributed by atoms with Crippen LogP contribution >= 0.6 is 11.8 Å². The molecule has 3 N–H and O–H groups in total. The lowest BCUT2D eigenvalue weighted by atomic mass is 9.81. The van der Waals surface area contributed by atoms with E-state index in [2.05, 4.69) is 4.99 Å². The zero-order chi connectivity index (χ0) is 20.2. The van der Waals surface area contributed by atoms with Crippen molar-refractivity contribution < 1.29 is 23.1 Å². The first-order valence-corrected chi connectivity index (χ1v) is 9.53.